The quantitative estimate of drug-likeness (QED) is 0.714. The minimum atomic E-state index is -0.606. The Morgan fingerprint density at radius 2 is 2.14 bits per heavy atom. The number of hydrogen-bond acceptors (Lipinski definition) is 4. The van der Waals surface area contributed by atoms with E-state index in [-0.39, 0.29) is 37.8 Å². The van der Waals surface area contributed by atoms with E-state index in [4.69, 9.17) is 10.5 Å². The molecule has 0 aliphatic heterocycles. The zero-order chi connectivity index (χ0) is 15.7. The maximum Gasteiger partial charge on any atom is 0.308 e. The standard InChI is InChI=1S/C15H21FN2O3.ClH/c1-2-21-15(20)10-13(18-14(19)7-4-8-17)11-5-3-6-12(16)9-11;/h3,5-6,9,13H,2,4,7-8,10,17H2,1H3,(H,18,19);1H/t13-;/m0./s1. The van der Waals surface area contributed by atoms with Gasteiger partial charge in [0.25, 0.3) is 0 Å². The van der Waals surface area contributed by atoms with E-state index in [2.05, 4.69) is 5.32 Å². The van der Waals surface area contributed by atoms with Crippen LogP contribution in [0.5, 0.6) is 0 Å². The molecule has 0 bridgehead atoms. The minimum Gasteiger partial charge on any atom is -0.466 e. The smallest absolute Gasteiger partial charge is 0.308 e. The van der Waals surface area contributed by atoms with Gasteiger partial charge in [-0.05, 0) is 37.6 Å². The number of hydrogen-bond donors (Lipinski definition) is 2. The van der Waals surface area contributed by atoms with E-state index in [9.17, 15) is 14.0 Å². The first-order valence-corrected chi connectivity index (χ1v) is 6.97. The third kappa shape index (κ3) is 7.38. The number of esters is 1. The Balaban J connectivity index is 0.00000441. The minimum absolute atomic E-state index is 0. The molecule has 1 aromatic rings. The second-order valence-corrected chi connectivity index (χ2v) is 4.58. The molecule has 0 heterocycles. The zero-order valence-electron chi connectivity index (χ0n) is 12.5. The number of ether oxygens (including phenoxy) is 1. The van der Waals surface area contributed by atoms with Gasteiger partial charge in [0.15, 0.2) is 0 Å². The molecule has 5 nitrogen and oxygen atoms in total. The summed E-state index contributed by atoms with van der Waals surface area (Å²) in [5, 5.41) is 2.72. The summed E-state index contributed by atoms with van der Waals surface area (Å²) in [5.74, 6) is -1.08. The van der Waals surface area contributed by atoms with Gasteiger partial charge in [0, 0.05) is 6.42 Å². The first-order valence-electron chi connectivity index (χ1n) is 6.97. The molecule has 1 rings (SSSR count). The van der Waals surface area contributed by atoms with E-state index in [1.54, 1.807) is 13.0 Å². The van der Waals surface area contributed by atoms with Crippen LogP contribution < -0.4 is 11.1 Å². The molecular weight excluding hydrogens is 311 g/mol. The third-order valence-corrected chi connectivity index (χ3v) is 2.87. The Morgan fingerprint density at radius 3 is 2.73 bits per heavy atom. The van der Waals surface area contributed by atoms with Crippen LogP contribution in [-0.4, -0.2) is 25.0 Å². The molecule has 0 radical (unpaired) electrons. The normalized spacial score (nSPS) is 11.2. The number of nitrogens with one attached hydrogen (secondary N) is 1. The first kappa shape index (κ1) is 20.3. The molecular formula is C15H22ClFN2O3. The number of benzene rings is 1. The van der Waals surface area contributed by atoms with Crippen LogP contribution in [-0.2, 0) is 14.3 Å². The predicted octanol–water partition coefficient (Wildman–Crippen LogP) is 2.10. The Kier molecular flexibility index (Phi) is 10.2. The molecule has 3 N–H and O–H groups in total. The molecule has 0 aliphatic rings. The largest absolute Gasteiger partial charge is 0.466 e. The fraction of sp³-hybridized carbons (Fsp3) is 0.467. The molecule has 22 heavy (non-hydrogen) atoms. The number of amides is 1. The van der Waals surface area contributed by atoms with Crippen LogP contribution in [0, 0.1) is 5.82 Å². The number of carbonyl (C=O) groups is 2. The fourth-order valence-corrected chi connectivity index (χ4v) is 1.89. The number of carbonyl (C=O) groups excluding carboxylic acids is 2. The van der Waals surface area contributed by atoms with Gasteiger partial charge in [0.1, 0.15) is 5.82 Å². The van der Waals surface area contributed by atoms with Gasteiger partial charge in [-0.3, -0.25) is 9.59 Å². The maximum atomic E-state index is 13.3. The maximum absolute atomic E-state index is 13.3. The van der Waals surface area contributed by atoms with Crippen molar-refractivity contribution >= 4 is 24.3 Å². The van der Waals surface area contributed by atoms with Crippen molar-refractivity contribution in [3.63, 3.8) is 0 Å². The van der Waals surface area contributed by atoms with Crippen molar-refractivity contribution in [2.45, 2.75) is 32.2 Å². The number of rotatable bonds is 8. The van der Waals surface area contributed by atoms with Crippen molar-refractivity contribution in [2.75, 3.05) is 13.2 Å². The van der Waals surface area contributed by atoms with E-state index in [0.29, 0.717) is 18.5 Å². The summed E-state index contributed by atoms with van der Waals surface area (Å²) in [4.78, 5) is 23.4. The van der Waals surface area contributed by atoms with Gasteiger partial charge in [-0.25, -0.2) is 4.39 Å². The summed E-state index contributed by atoms with van der Waals surface area (Å²) >= 11 is 0. The van der Waals surface area contributed by atoms with Crippen molar-refractivity contribution in [1.82, 2.24) is 5.32 Å². The lowest BCUT2D eigenvalue weighted by atomic mass is 10.0. The molecule has 0 spiro atoms. The lowest BCUT2D eigenvalue weighted by Gasteiger charge is -2.18. The van der Waals surface area contributed by atoms with Gasteiger partial charge in [0.2, 0.25) is 5.91 Å². The topological polar surface area (TPSA) is 81.4 Å². The SMILES string of the molecule is CCOC(=O)C[C@H](NC(=O)CCCN)c1cccc(F)c1.Cl. The second kappa shape index (κ2) is 11.0. The average Bonchev–Trinajstić information content (AvgIpc) is 2.44. The van der Waals surface area contributed by atoms with Crippen LogP contribution in [0.1, 0.15) is 37.8 Å². The molecule has 0 saturated heterocycles. The van der Waals surface area contributed by atoms with Crippen LogP contribution in [0.3, 0.4) is 0 Å². The molecule has 1 aromatic carbocycles. The Bertz CT molecular complexity index is 486. The zero-order valence-corrected chi connectivity index (χ0v) is 13.3. The van der Waals surface area contributed by atoms with Gasteiger partial charge < -0.3 is 15.8 Å². The van der Waals surface area contributed by atoms with Gasteiger partial charge in [-0.2, -0.15) is 0 Å². The number of halogens is 2. The van der Waals surface area contributed by atoms with Crippen LogP contribution in [0.15, 0.2) is 24.3 Å². The summed E-state index contributed by atoms with van der Waals surface area (Å²) in [6, 6.07) is 5.20. The first-order chi connectivity index (χ1) is 10.1. The molecule has 1 atom stereocenters. The Morgan fingerprint density at radius 1 is 1.41 bits per heavy atom. The number of nitrogens with two attached hydrogens (primary N) is 1. The van der Waals surface area contributed by atoms with Crippen molar-refractivity contribution in [3.8, 4) is 0 Å². The van der Waals surface area contributed by atoms with E-state index < -0.39 is 17.8 Å². The van der Waals surface area contributed by atoms with Gasteiger partial charge in [0.05, 0.1) is 19.1 Å². The summed E-state index contributed by atoms with van der Waals surface area (Å²) in [5.41, 5.74) is 5.89. The van der Waals surface area contributed by atoms with Crippen LogP contribution in [0.4, 0.5) is 4.39 Å². The molecule has 0 aliphatic carbocycles. The van der Waals surface area contributed by atoms with Crippen molar-refractivity contribution in [2.24, 2.45) is 5.73 Å². The molecule has 0 aromatic heterocycles. The average molecular weight is 333 g/mol. The molecule has 0 saturated carbocycles. The molecule has 0 fully saturated rings. The highest BCUT2D eigenvalue weighted by Gasteiger charge is 2.19. The van der Waals surface area contributed by atoms with Crippen molar-refractivity contribution in [1.29, 1.82) is 0 Å². The van der Waals surface area contributed by atoms with E-state index in [0.717, 1.165) is 0 Å². The highest BCUT2D eigenvalue weighted by atomic mass is 35.5. The monoisotopic (exact) mass is 332 g/mol. The Labute approximate surface area is 135 Å². The van der Waals surface area contributed by atoms with Crippen LogP contribution >= 0.6 is 12.4 Å². The lowest BCUT2D eigenvalue weighted by molar-refractivity contribution is -0.143. The Hall–Kier alpha value is -1.66. The van der Waals surface area contributed by atoms with E-state index in [1.165, 1.54) is 18.2 Å². The van der Waals surface area contributed by atoms with E-state index in [1.807, 2.05) is 0 Å². The summed E-state index contributed by atoms with van der Waals surface area (Å²) < 4.78 is 18.2. The van der Waals surface area contributed by atoms with Gasteiger partial charge in [-0.1, -0.05) is 12.1 Å². The predicted molar refractivity (Wildman–Crippen MR) is 84.1 cm³/mol. The van der Waals surface area contributed by atoms with Crippen molar-refractivity contribution < 1.29 is 18.7 Å². The second-order valence-electron chi connectivity index (χ2n) is 4.58. The van der Waals surface area contributed by atoms with Gasteiger partial charge >= 0.3 is 5.97 Å². The molecule has 7 heteroatoms. The van der Waals surface area contributed by atoms with Crippen molar-refractivity contribution in [3.05, 3.63) is 35.6 Å². The third-order valence-electron chi connectivity index (χ3n) is 2.87. The van der Waals surface area contributed by atoms with Crippen LogP contribution in [0.2, 0.25) is 0 Å². The molecule has 0 unspecified atom stereocenters. The summed E-state index contributed by atoms with van der Waals surface area (Å²) in [6.45, 7) is 2.38. The summed E-state index contributed by atoms with van der Waals surface area (Å²) in [6.07, 6.45) is 0.790. The highest BCUT2D eigenvalue weighted by Crippen LogP contribution is 2.19. The van der Waals surface area contributed by atoms with Crippen LogP contribution in [0.25, 0.3) is 0 Å². The fourth-order valence-electron chi connectivity index (χ4n) is 1.89. The van der Waals surface area contributed by atoms with Gasteiger partial charge in [-0.15, -0.1) is 12.4 Å². The molecule has 124 valence electrons. The molecule has 1 amide bonds. The van der Waals surface area contributed by atoms with E-state index >= 15 is 0 Å². The lowest BCUT2D eigenvalue weighted by Crippen LogP contribution is -2.31. The summed E-state index contributed by atoms with van der Waals surface area (Å²) in [7, 11) is 0. The highest BCUT2D eigenvalue weighted by molar-refractivity contribution is 5.85.